The minimum absolute atomic E-state index is 0.136. The average Bonchev–Trinajstić information content (AvgIpc) is 2.30. The first-order chi connectivity index (χ1) is 8.48. The van der Waals surface area contributed by atoms with Gasteiger partial charge in [0.1, 0.15) is 5.41 Å². The van der Waals surface area contributed by atoms with Crippen LogP contribution in [0.5, 0.6) is 0 Å². The van der Waals surface area contributed by atoms with Crippen LogP contribution in [-0.4, -0.2) is 17.8 Å². The number of nitrogens with one attached hydrogen (secondary N) is 2. The summed E-state index contributed by atoms with van der Waals surface area (Å²) >= 11 is 0. The number of hydrogen-bond acceptors (Lipinski definition) is 3. The Hall–Kier alpha value is -1.65. The third-order valence-electron chi connectivity index (χ3n) is 3.56. The molecule has 5 heteroatoms. The topological polar surface area (TPSA) is 75.3 Å². The van der Waals surface area contributed by atoms with E-state index in [-0.39, 0.29) is 12.3 Å². The van der Waals surface area contributed by atoms with E-state index >= 15 is 0 Å². The van der Waals surface area contributed by atoms with E-state index in [9.17, 15) is 14.4 Å². The van der Waals surface area contributed by atoms with Crippen LogP contribution in [-0.2, 0) is 9.59 Å². The second-order valence-electron chi connectivity index (χ2n) is 4.74. The van der Waals surface area contributed by atoms with Gasteiger partial charge in [-0.25, -0.2) is 4.79 Å². The summed E-state index contributed by atoms with van der Waals surface area (Å²) in [5.74, 6) is -1.16. The number of imide groups is 2. The minimum atomic E-state index is -1.20. The Morgan fingerprint density at radius 1 is 1.28 bits per heavy atom. The summed E-state index contributed by atoms with van der Waals surface area (Å²) in [4.78, 5) is 35.3. The maximum atomic E-state index is 12.1. The summed E-state index contributed by atoms with van der Waals surface area (Å²) in [5.41, 5.74) is -1.20. The van der Waals surface area contributed by atoms with Crippen molar-refractivity contribution in [1.29, 1.82) is 0 Å². The highest BCUT2D eigenvalue weighted by molar-refractivity contribution is 6.19. The van der Waals surface area contributed by atoms with Gasteiger partial charge in [0.2, 0.25) is 11.8 Å². The lowest BCUT2D eigenvalue weighted by molar-refractivity contribution is -0.148. The van der Waals surface area contributed by atoms with Crippen LogP contribution in [0.15, 0.2) is 12.7 Å². The zero-order chi connectivity index (χ0) is 13.8. The SMILES string of the molecule is C=CCC1(C(C)CCCC)C(=O)NC(=O)NC1=O. The average molecular weight is 252 g/mol. The van der Waals surface area contributed by atoms with Crippen LogP contribution in [0.25, 0.3) is 0 Å². The lowest BCUT2D eigenvalue weighted by atomic mass is 9.69. The van der Waals surface area contributed by atoms with Crippen molar-refractivity contribution in [2.24, 2.45) is 11.3 Å². The van der Waals surface area contributed by atoms with Crippen molar-refractivity contribution in [3.05, 3.63) is 12.7 Å². The van der Waals surface area contributed by atoms with Gasteiger partial charge in [-0.15, -0.1) is 6.58 Å². The summed E-state index contributed by atoms with van der Waals surface area (Å²) in [6.07, 6.45) is 4.49. The van der Waals surface area contributed by atoms with Crippen molar-refractivity contribution < 1.29 is 14.4 Å². The van der Waals surface area contributed by atoms with Crippen LogP contribution < -0.4 is 10.6 Å². The molecule has 1 unspecified atom stereocenters. The maximum Gasteiger partial charge on any atom is 0.328 e. The van der Waals surface area contributed by atoms with Gasteiger partial charge in [0.05, 0.1) is 0 Å². The first-order valence-corrected chi connectivity index (χ1v) is 6.26. The monoisotopic (exact) mass is 252 g/mol. The molecular weight excluding hydrogens is 232 g/mol. The van der Waals surface area contributed by atoms with Crippen LogP contribution >= 0.6 is 0 Å². The lowest BCUT2D eigenvalue weighted by Crippen LogP contribution is -2.64. The zero-order valence-corrected chi connectivity index (χ0v) is 10.9. The van der Waals surface area contributed by atoms with E-state index in [2.05, 4.69) is 24.1 Å². The molecule has 1 fully saturated rings. The number of amides is 4. The molecule has 0 bridgehead atoms. The Balaban J connectivity index is 3.03. The van der Waals surface area contributed by atoms with Crippen LogP contribution in [0.1, 0.15) is 39.5 Å². The molecule has 100 valence electrons. The quantitative estimate of drug-likeness (QED) is 0.558. The van der Waals surface area contributed by atoms with Gasteiger partial charge in [0.15, 0.2) is 0 Å². The molecule has 0 saturated carbocycles. The van der Waals surface area contributed by atoms with Crippen molar-refractivity contribution >= 4 is 17.8 Å². The second-order valence-corrected chi connectivity index (χ2v) is 4.74. The smallest absolute Gasteiger partial charge is 0.277 e. The molecule has 0 aliphatic carbocycles. The molecule has 1 rings (SSSR count). The summed E-state index contributed by atoms with van der Waals surface area (Å²) in [6, 6.07) is -0.743. The van der Waals surface area contributed by atoms with Gasteiger partial charge in [-0.3, -0.25) is 20.2 Å². The van der Waals surface area contributed by atoms with E-state index < -0.39 is 23.3 Å². The molecule has 0 aromatic carbocycles. The summed E-state index contributed by atoms with van der Waals surface area (Å²) in [5, 5.41) is 4.37. The summed E-state index contributed by atoms with van der Waals surface area (Å²) in [6.45, 7) is 7.53. The number of carbonyl (C=O) groups is 3. The Morgan fingerprint density at radius 2 is 1.83 bits per heavy atom. The molecule has 5 nitrogen and oxygen atoms in total. The molecule has 0 radical (unpaired) electrons. The maximum absolute atomic E-state index is 12.1. The largest absolute Gasteiger partial charge is 0.328 e. The van der Waals surface area contributed by atoms with Crippen molar-refractivity contribution in [1.82, 2.24) is 10.6 Å². The third kappa shape index (κ3) is 2.44. The van der Waals surface area contributed by atoms with E-state index in [0.717, 1.165) is 19.3 Å². The van der Waals surface area contributed by atoms with Crippen molar-refractivity contribution in [3.63, 3.8) is 0 Å². The fourth-order valence-corrected chi connectivity index (χ4v) is 2.38. The van der Waals surface area contributed by atoms with Gasteiger partial charge in [-0.1, -0.05) is 32.8 Å². The molecule has 1 aliphatic heterocycles. The van der Waals surface area contributed by atoms with Crippen molar-refractivity contribution in [2.75, 3.05) is 0 Å². The first kappa shape index (κ1) is 14.4. The Morgan fingerprint density at radius 3 is 2.28 bits per heavy atom. The predicted molar refractivity (Wildman–Crippen MR) is 67.6 cm³/mol. The highest BCUT2D eigenvalue weighted by atomic mass is 16.2. The normalized spacial score (nSPS) is 20.0. The number of urea groups is 1. The van der Waals surface area contributed by atoms with Gasteiger partial charge in [0, 0.05) is 0 Å². The molecule has 1 atom stereocenters. The zero-order valence-electron chi connectivity index (χ0n) is 10.9. The number of allylic oxidation sites excluding steroid dienone is 1. The number of unbranched alkanes of at least 4 members (excludes halogenated alkanes) is 1. The van der Waals surface area contributed by atoms with E-state index in [0.29, 0.717) is 0 Å². The molecule has 1 aliphatic rings. The van der Waals surface area contributed by atoms with Gasteiger partial charge in [-0.2, -0.15) is 0 Å². The fraction of sp³-hybridized carbons (Fsp3) is 0.615. The molecule has 4 amide bonds. The van der Waals surface area contributed by atoms with Crippen LogP contribution in [0, 0.1) is 11.3 Å². The number of hydrogen-bond donors (Lipinski definition) is 2. The standard InChI is InChI=1S/C13H20N2O3/c1-4-6-7-9(3)13(8-5-2)10(16)14-12(18)15-11(13)17/h5,9H,2,4,6-8H2,1,3H3,(H2,14,15,16,17,18). The number of barbiturate groups is 1. The molecule has 0 aromatic heterocycles. The molecule has 1 heterocycles. The van der Waals surface area contributed by atoms with Crippen LogP contribution in [0.2, 0.25) is 0 Å². The number of carbonyl (C=O) groups excluding carboxylic acids is 3. The van der Waals surface area contributed by atoms with Crippen LogP contribution in [0.3, 0.4) is 0 Å². The highest BCUT2D eigenvalue weighted by Crippen LogP contribution is 2.37. The Kier molecular flexibility index (Phi) is 4.64. The molecule has 0 aromatic rings. The van der Waals surface area contributed by atoms with Gasteiger partial charge in [-0.05, 0) is 18.8 Å². The fourth-order valence-electron chi connectivity index (χ4n) is 2.38. The molecule has 2 N–H and O–H groups in total. The minimum Gasteiger partial charge on any atom is -0.277 e. The van der Waals surface area contributed by atoms with E-state index in [4.69, 9.17) is 0 Å². The Bertz CT molecular complexity index is 356. The highest BCUT2D eigenvalue weighted by Gasteiger charge is 2.52. The van der Waals surface area contributed by atoms with E-state index in [1.165, 1.54) is 0 Å². The molecule has 1 saturated heterocycles. The third-order valence-corrected chi connectivity index (χ3v) is 3.56. The predicted octanol–water partition coefficient (Wildman–Crippen LogP) is 1.74. The lowest BCUT2D eigenvalue weighted by Gasteiger charge is -2.38. The van der Waals surface area contributed by atoms with Gasteiger partial charge >= 0.3 is 6.03 Å². The van der Waals surface area contributed by atoms with Gasteiger partial charge < -0.3 is 0 Å². The molecule has 0 spiro atoms. The van der Waals surface area contributed by atoms with Crippen LogP contribution in [0.4, 0.5) is 4.79 Å². The second kappa shape index (κ2) is 5.80. The molecule has 18 heavy (non-hydrogen) atoms. The number of rotatable bonds is 6. The van der Waals surface area contributed by atoms with Crippen molar-refractivity contribution in [2.45, 2.75) is 39.5 Å². The van der Waals surface area contributed by atoms with E-state index in [1.54, 1.807) is 6.08 Å². The Labute approximate surface area is 107 Å². The molecular formula is C13H20N2O3. The summed E-state index contributed by atoms with van der Waals surface area (Å²) in [7, 11) is 0. The van der Waals surface area contributed by atoms with Gasteiger partial charge in [0.25, 0.3) is 0 Å². The summed E-state index contributed by atoms with van der Waals surface area (Å²) < 4.78 is 0. The van der Waals surface area contributed by atoms with E-state index in [1.807, 2.05) is 6.92 Å². The first-order valence-electron chi connectivity index (χ1n) is 6.26. The van der Waals surface area contributed by atoms with Crippen molar-refractivity contribution in [3.8, 4) is 0 Å².